The van der Waals surface area contributed by atoms with Gasteiger partial charge in [-0.1, -0.05) is 134 Å². The van der Waals surface area contributed by atoms with E-state index < -0.39 is 16.7 Å². The fraction of sp³-hybridized carbons (Fsp3) is 0.412. The van der Waals surface area contributed by atoms with Crippen LogP contribution in [0.15, 0.2) is 121 Å². The summed E-state index contributed by atoms with van der Waals surface area (Å²) >= 11 is 0. The number of aliphatic hydroxyl groups excluding tert-OH is 2. The van der Waals surface area contributed by atoms with Crippen molar-refractivity contribution in [1.82, 2.24) is 0 Å². The van der Waals surface area contributed by atoms with Crippen molar-refractivity contribution in [2.45, 2.75) is 112 Å². The monoisotopic (exact) mass is 738 g/mol. The Morgan fingerprint density at radius 3 is 1.45 bits per heavy atom. The summed E-state index contributed by atoms with van der Waals surface area (Å²) < 4.78 is 0. The van der Waals surface area contributed by atoms with Gasteiger partial charge in [0.1, 0.15) is 23.0 Å². The van der Waals surface area contributed by atoms with Gasteiger partial charge in [-0.15, -0.1) is 0 Å². The van der Waals surface area contributed by atoms with Crippen LogP contribution in [0.2, 0.25) is 0 Å². The Labute approximate surface area is 330 Å². The number of hydrogen-bond donors (Lipinski definition) is 4. The molecule has 4 N–H and O–H groups in total. The van der Waals surface area contributed by atoms with Crippen LogP contribution in [0.25, 0.3) is 11.1 Å². The van der Waals surface area contributed by atoms with Gasteiger partial charge in [-0.3, -0.25) is 0 Å². The SMILES string of the molecule is CCC(C)(C)C1(C)C=CC(c2ccc(O)c(C(c3ccc(C4CCCCC4)cc3)c3cc(C4=CC=C(O)C(C)(C(C)(C)CC)C=C4)ccc3O)c2)=CC=C1O. The quantitative estimate of drug-likeness (QED) is 0.156. The molecule has 1 saturated carbocycles. The van der Waals surface area contributed by atoms with Crippen LogP contribution in [-0.4, -0.2) is 20.4 Å². The van der Waals surface area contributed by atoms with E-state index in [-0.39, 0.29) is 22.3 Å². The molecule has 0 bridgehead atoms. The molecule has 3 aliphatic carbocycles. The van der Waals surface area contributed by atoms with Crippen LogP contribution in [0.4, 0.5) is 0 Å². The zero-order valence-electron chi connectivity index (χ0n) is 34.3. The minimum atomic E-state index is -0.550. The Morgan fingerprint density at radius 1 is 0.600 bits per heavy atom. The van der Waals surface area contributed by atoms with Crippen LogP contribution < -0.4 is 0 Å². The van der Waals surface area contributed by atoms with Crippen molar-refractivity contribution in [1.29, 1.82) is 0 Å². The molecule has 6 rings (SSSR count). The molecule has 2 unspecified atom stereocenters. The van der Waals surface area contributed by atoms with Gasteiger partial charge in [0.2, 0.25) is 0 Å². The smallest absolute Gasteiger partial charge is 0.119 e. The zero-order chi connectivity index (χ0) is 39.8. The standard InChI is InChI=1S/C51H62O4/c1-9-48(3,4)50(7)30-28-36(22-26-45(50)54)39-20-24-43(52)41(32-39)47(38-18-16-35(17-19-38)34-14-12-11-13-15-34)42-33-40(21-25-44(42)53)37-23-27-46(55)51(8,31-29-37)49(5,6)10-2/h16-34,47,52-55H,9-15H2,1-8H3. The Balaban J connectivity index is 1.48. The van der Waals surface area contributed by atoms with Crippen molar-refractivity contribution < 1.29 is 20.4 Å². The summed E-state index contributed by atoms with van der Waals surface area (Å²) in [4.78, 5) is 0. The summed E-state index contributed by atoms with van der Waals surface area (Å²) in [5.41, 5.74) is 5.87. The molecule has 0 radical (unpaired) electrons. The van der Waals surface area contributed by atoms with E-state index in [1.54, 1.807) is 12.1 Å². The molecule has 0 spiro atoms. The van der Waals surface area contributed by atoms with E-state index in [0.29, 0.717) is 28.6 Å². The second-order valence-corrected chi connectivity index (χ2v) is 17.9. The van der Waals surface area contributed by atoms with Crippen molar-refractivity contribution in [3.05, 3.63) is 154 Å². The summed E-state index contributed by atoms with van der Waals surface area (Å²) in [7, 11) is 0. The molecule has 3 aromatic carbocycles. The summed E-state index contributed by atoms with van der Waals surface area (Å²) in [6, 6.07) is 20.2. The average molecular weight is 739 g/mol. The lowest BCUT2D eigenvalue weighted by Gasteiger charge is -2.41. The number of aliphatic hydroxyl groups is 2. The largest absolute Gasteiger partial charge is 0.511 e. The average Bonchev–Trinajstić information content (AvgIpc) is 3.45. The van der Waals surface area contributed by atoms with Gasteiger partial charge in [0.25, 0.3) is 0 Å². The van der Waals surface area contributed by atoms with Gasteiger partial charge in [0.05, 0.1) is 0 Å². The maximum atomic E-state index is 11.7. The van der Waals surface area contributed by atoms with E-state index >= 15 is 0 Å². The van der Waals surface area contributed by atoms with Gasteiger partial charge in [0.15, 0.2) is 0 Å². The zero-order valence-corrected chi connectivity index (χ0v) is 34.3. The normalized spacial score (nSPS) is 22.9. The predicted octanol–water partition coefficient (Wildman–Crippen LogP) is 14.0. The van der Waals surface area contributed by atoms with Crippen molar-refractivity contribution in [2.24, 2.45) is 21.7 Å². The summed E-state index contributed by atoms with van der Waals surface area (Å²) in [5, 5.41) is 46.0. The van der Waals surface area contributed by atoms with Gasteiger partial charge in [-0.25, -0.2) is 0 Å². The van der Waals surface area contributed by atoms with Crippen LogP contribution >= 0.6 is 0 Å². The van der Waals surface area contributed by atoms with Crippen molar-refractivity contribution >= 4 is 11.1 Å². The molecule has 0 aliphatic heterocycles. The summed E-state index contributed by atoms with van der Waals surface area (Å²) in [6.07, 6.45) is 23.9. The molecular formula is C51H62O4. The van der Waals surface area contributed by atoms with E-state index in [1.807, 2.05) is 48.6 Å². The van der Waals surface area contributed by atoms with Crippen molar-refractivity contribution in [3.8, 4) is 11.5 Å². The second kappa shape index (κ2) is 15.4. The molecule has 290 valence electrons. The molecule has 0 amide bonds. The van der Waals surface area contributed by atoms with Gasteiger partial charge < -0.3 is 20.4 Å². The number of allylic oxidation sites excluding steroid dienone is 10. The maximum Gasteiger partial charge on any atom is 0.119 e. The highest BCUT2D eigenvalue weighted by molar-refractivity contribution is 5.79. The fourth-order valence-corrected chi connectivity index (χ4v) is 8.60. The first-order valence-corrected chi connectivity index (χ1v) is 20.4. The van der Waals surface area contributed by atoms with Gasteiger partial charge in [-0.05, 0) is 126 Å². The van der Waals surface area contributed by atoms with Crippen molar-refractivity contribution in [2.75, 3.05) is 0 Å². The highest BCUT2D eigenvalue weighted by atomic mass is 16.3. The third kappa shape index (κ3) is 7.50. The van der Waals surface area contributed by atoms with Crippen LogP contribution in [0.1, 0.15) is 146 Å². The minimum absolute atomic E-state index is 0.141. The Bertz CT molecular complexity index is 1960. The molecular weight excluding hydrogens is 677 g/mol. The molecule has 1 fully saturated rings. The Hall–Kier alpha value is -4.70. The number of aromatic hydroxyl groups is 2. The number of rotatable bonds is 10. The highest BCUT2D eigenvalue weighted by Gasteiger charge is 2.42. The third-order valence-corrected chi connectivity index (χ3v) is 14.4. The maximum absolute atomic E-state index is 11.7. The number of benzene rings is 3. The fourth-order valence-electron chi connectivity index (χ4n) is 8.60. The second-order valence-electron chi connectivity index (χ2n) is 17.9. The van der Waals surface area contributed by atoms with Crippen LogP contribution in [0.3, 0.4) is 0 Å². The van der Waals surface area contributed by atoms with E-state index in [9.17, 15) is 20.4 Å². The lowest BCUT2D eigenvalue weighted by Crippen LogP contribution is -2.34. The van der Waals surface area contributed by atoms with Gasteiger partial charge >= 0.3 is 0 Å². The highest BCUT2D eigenvalue weighted by Crippen LogP contribution is 2.51. The predicted molar refractivity (Wildman–Crippen MR) is 229 cm³/mol. The van der Waals surface area contributed by atoms with Crippen LogP contribution in [0, 0.1) is 21.7 Å². The van der Waals surface area contributed by atoms with Crippen LogP contribution in [-0.2, 0) is 0 Å². The van der Waals surface area contributed by atoms with Gasteiger partial charge in [0, 0.05) is 27.9 Å². The third-order valence-electron chi connectivity index (χ3n) is 14.4. The first kappa shape index (κ1) is 40.0. The molecule has 55 heavy (non-hydrogen) atoms. The lowest BCUT2D eigenvalue weighted by atomic mass is 9.64. The Morgan fingerprint density at radius 2 is 1.04 bits per heavy atom. The topological polar surface area (TPSA) is 80.9 Å². The lowest BCUT2D eigenvalue weighted by molar-refractivity contribution is 0.120. The molecule has 4 heteroatoms. The van der Waals surface area contributed by atoms with E-state index in [1.165, 1.54) is 37.7 Å². The summed E-state index contributed by atoms with van der Waals surface area (Å²) in [5.74, 6) is 0.993. The molecule has 3 aromatic rings. The summed E-state index contributed by atoms with van der Waals surface area (Å²) in [6.45, 7) is 17.2. The minimum Gasteiger partial charge on any atom is -0.511 e. The van der Waals surface area contributed by atoms with Crippen LogP contribution in [0.5, 0.6) is 11.5 Å². The molecule has 0 heterocycles. The van der Waals surface area contributed by atoms with Gasteiger partial charge in [-0.2, -0.15) is 0 Å². The number of hydrogen-bond acceptors (Lipinski definition) is 4. The van der Waals surface area contributed by atoms with E-state index in [2.05, 4.69) is 104 Å². The molecule has 3 aliphatic rings. The van der Waals surface area contributed by atoms with Crippen molar-refractivity contribution in [3.63, 3.8) is 0 Å². The number of phenolic OH excluding ortho intramolecular Hbond substituents is 2. The first-order valence-electron chi connectivity index (χ1n) is 20.4. The number of phenols is 2. The molecule has 0 aromatic heterocycles. The van der Waals surface area contributed by atoms with E-state index in [0.717, 1.165) is 40.7 Å². The molecule has 4 nitrogen and oxygen atoms in total. The molecule has 0 saturated heterocycles. The Kier molecular flexibility index (Phi) is 11.2. The first-order chi connectivity index (χ1) is 26.0. The molecule has 2 atom stereocenters. The van der Waals surface area contributed by atoms with E-state index in [4.69, 9.17) is 0 Å².